The van der Waals surface area contributed by atoms with Crippen molar-refractivity contribution < 1.29 is 14.0 Å². The highest BCUT2D eigenvalue weighted by Crippen LogP contribution is 2.73. The minimum Gasteiger partial charge on any atom is -0.469 e. The standard InChI is InChI=1S/C24H40O3Si/c1-17-15-23-13-9-18-21(2,11-8-12-22(18,3)20(25)26-4)19(23)10-14-24(17,16-23)27-28(5,6)7/h18-19H,1,8-16H2,2-7H3/t18?,19?,21-,22-,23-,24+/m1/s1. The fourth-order valence-electron chi connectivity index (χ4n) is 8.55. The van der Waals surface area contributed by atoms with Crippen LogP contribution in [-0.2, 0) is 14.0 Å². The van der Waals surface area contributed by atoms with Gasteiger partial charge in [0.2, 0.25) is 0 Å². The van der Waals surface area contributed by atoms with Gasteiger partial charge in [0, 0.05) is 0 Å². The van der Waals surface area contributed by atoms with Crippen LogP contribution in [0.1, 0.15) is 71.6 Å². The van der Waals surface area contributed by atoms with Gasteiger partial charge in [-0.3, -0.25) is 4.79 Å². The van der Waals surface area contributed by atoms with Crippen molar-refractivity contribution in [1.29, 1.82) is 0 Å². The summed E-state index contributed by atoms with van der Waals surface area (Å²) >= 11 is 0. The number of carbonyl (C=O) groups excluding carboxylic acids is 1. The van der Waals surface area contributed by atoms with Gasteiger partial charge in [-0.2, -0.15) is 0 Å². The normalized spacial score (nSPS) is 48.0. The number of ether oxygens (including phenoxy) is 1. The average molecular weight is 405 g/mol. The Labute approximate surface area is 172 Å². The summed E-state index contributed by atoms with van der Waals surface area (Å²) in [6.07, 6.45) is 10.4. The zero-order valence-corrected chi connectivity index (χ0v) is 20.0. The summed E-state index contributed by atoms with van der Waals surface area (Å²) in [6.45, 7) is 16.2. The molecule has 2 unspecified atom stereocenters. The van der Waals surface area contributed by atoms with E-state index in [9.17, 15) is 4.79 Å². The third-order valence-electron chi connectivity index (χ3n) is 9.28. The van der Waals surface area contributed by atoms with Gasteiger partial charge in [0.25, 0.3) is 0 Å². The summed E-state index contributed by atoms with van der Waals surface area (Å²) in [4.78, 5) is 12.8. The van der Waals surface area contributed by atoms with Crippen molar-refractivity contribution in [3.8, 4) is 0 Å². The van der Waals surface area contributed by atoms with Crippen molar-refractivity contribution in [3.63, 3.8) is 0 Å². The van der Waals surface area contributed by atoms with Crippen LogP contribution in [0, 0.1) is 28.1 Å². The fourth-order valence-corrected chi connectivity index (χ4v) is 10.0. The second-order valence-corrected chi connectivity index (χ2v) is 16.4. The lowest BCUT2D eigenvalue weighted by atomic mass is 9.41. The summed E-state index contributed by atoms with van der Waals surface area (Å²) in [6, 6.07) is 0. The molecule has 0 aromatic rings. The molecule has 0 aliphatic heterocycles. The quantitative estimate of drug-likeness (QED) is 0.324. The van der Waals surface area contributed by atoms with Crippen molar-refractivity contribution in [2.24, 2.45) is 28.1 Å². The molecule has 4 saturated carbocycles. The SMILES string of the molecule is C=C1C[C@@]23CCC4[C@@](C)(CCC[C@@]4(C)C(=O)OC)C2CC[C@]1(O[Si](C)(C)C)C3. The van der Waals surface area contributed by atoms with E-state index in [-0.39, 0.29) is 22.4 Å². The van der Waals surface area contributed by atoms with Crippen LogP contribution in [0.5, 0.6) is 0 Å². The fraction of sp³-hybridized carbons (Fsp3) is 0.875. The number of fused-ring (bicyclic) bond motifs is 3. The van der Waals surface area contributed by atoms with E-state index >= 15 is 0 Å². The minimum atomic E-state index is -1.63. The van der Waals surface area contributed by atoms with Crippen LogP contribution < -0.4 is 0 Å². The number of rotatable bonds is 3. The maximum atomic E-state index is 12.8. The number of hydrogen-bond donors (Lipinski definition) is 0. The Morgan fingerprint density at radius 3 is 2.39 bits per heavy atom. The molecule has 0 aromatic heterocycles. The molecular formula is C24H40O3Si. The third kappa shape index (κ3) is 2.73. The summed E-state index contributed by atoms with van der Waals surface area (Å²) in [5, 5.41) is 0. The molecule has 0 amide bonds. The highest BCUT2D eigenvalue weighted by atomic mass is 28.4. The molecule has 1 spiro atoms. The van der Waals surface area contributed by atoms with Gasteiger partial charge in [0.05, 0.1) is 18.1 Å². The molecule has 28 heavy (non-hydrogen) atoms. The Morgan fingerprint density at radius 2 is 1.75 bits per heavy atom. The van der Waals surface area contributed by atoms with E-state index < -0.39 is 8.32 Å². The van der Waals surface area contributed by atoms with Gasteiger partial charge in [0.15, 0.2) is 8.32 Å². The topological polar surface area (TPSA) is 35.5 Å². The predicted octanol–water partition coefficient (Wildman–Crippen LogP) is 6.10. The van der Waals surface area contributed by atoms with Gasteiger partial charge in [-0.05, 0) is 106 Å². The smallest absolute Gasteiger partial charge is 0.311 e. The van der Waals surface area contributed by atoms with Crippen LogP contribution in [0.15, 0.2) is 12.2 Å². The van der Waals surface area contributed by atoms with Gasteiger partial charge < -0.3 is 9.16 Å². The molecule has 4 aliphatic carbocycles. The molecule has 0 N–H and O–H groups in total. The van der Waals surface area contributed by atoms with E-state index in [2.05, 4.69) is 40.1 Å². The average Bonchev–Trinajstić information content (AvgIpc) is 2.77. The lowest BCUT2D eigenvalue weighted by molar-refractivity contribution is -0.187. The Bertz CT molecular complexity index is 696. The van der Waals surface area contributed by atoms with Crippen LogP contribution in [0.4, 0.5) is 0 Å². The second-order valence-electron chi connectivity index (χ2n) is 12.0. The first kappa shape index (κ1) is 20.7. The summed E-state index contributed by atoms with van der Waals surface area (Å²) in [5.41, 5.74) is 1.56. The Balaban J connectivity index is 1.69. The summed E-state index contributed by atoms with van der Waals surface area (Å²) in [7, 11) is -0.0681. The number of methoxy groups -OCH3 is 1. The number of esters is 1. The molecular weight excluding hydrogens is 364 g/mol. The highest BCUT2D eigenvalue weighted by molar-refractivity contribution is 6.69. The molecule has 6 atom stereocenters. The molecule has 4 fully saturated rings. The van der Waals surface area contributed by atoms with Gasteiger partial charge in [-0.25, -0.2) is 0 Å². The van der Waals surface area contributed by atoms with Crippen molar-refractivity contribution in [1.82, 2.24) is 0 Å². The third-order valence-corrected chi connectivity index (χ3v) is 10.3. The number of carbonyl (C=O) groups is 1. The molecule has 0 heterocycles. The van der Waals surface area contributed by atoms with E-state index in [0.717, 1.165) is 32.1 Å². The zero-order chi connectivity index (χ0) is 20.6. The van der Waals surface area contributed by atoms with Crippen LogP contribution in [-0.4, -0.2) is 27.0 Å². The first-order chi connectivity index (χ1) is 12.9. The van der Waals surface area contributed by atoms with Crippen LogP contribution in [0.3, 0.4) is 0 Å². The largest absolute Gasteiger partial charge is 0.469 e. The second kappa shape index (κ2) is 6.20. The van der Waals surface area contributed by atoms with Crippen LogP contribution in [0.2, 0.25) is 19.6 Å². The molecule has 4 heteroatoms. The van der Waals surface area contributed by atoms with Gasteiger partial charge in [-0.1, -0.05) is 19.9 Å². The van der Waals surface area contributed by atoms with Crippen molar-refractivity contribution in [3.05, 3.63) is 12.2 Å². The molecule has 3 nitrogen and oxygen atoms in total. The molecule has 158 valence electrons. The molecule has 4 rings (SSSR count). The molecule has 0 aromatic carbocycles. The van der Waals surface area contributed by atoms with Gasteiger partial charge in [-0.15, -0.1) is 0 Å². The van der Waals surface area contributed by atoms with E-state index in [1.54, 1.807) is 7.11 Å². The Kier molecular flexibility index (Phi) is 4.57. The molecule has 4 aliphatic rings. The lowest BCUT2D eigenvalue weighted by Gasteiger charge is -2.64. The highest BCUT2D eigenvalue weighted by Gasteiger charge is 2.68. The minimum absolute atomic E-state index is 0.0161. The first-order valence-corrected chi connectivity index (χ1v) is 14.8. The van der Waals surface area contributed by atoms with Gasteiger partial charge in [0.1, 0.15) is 0 Å². The first-order valence-electron chi connectivity index (χ1n) is 11.4. The van der Waals surface area contributed by atoms with E-state index in [4.69, 9.17) is 9.16 Å². The van der Waals surface area contributed by atoms with Crippen molar-refractivity contribution >= 4 is 14.3 Å². The van der Waals surface area contributed by atoms with Crippen LogP contribution in [0.25, 0.3) is 0 Å². The maximum Gasteiger partial charge on any atom is 0.311 e. The zero-order valence-electron chi connectivity index (χ0n) is 19.0. The van der Waals surface area contributed by atoms with E-state index in [1.807, 2.05) is 0 Å². The predicted molar refractivity (Wildman–Crippen MR) is 115 cm³/mol. The van der Waals surface area contributed by atoms with Crippen molar-refractivity contribution in [2.75, 3.05) is 7.11 Å². The van der Waals surface area contributed by atoms with Crippen LogP contribution >= 0.6 is 0 Å². The van der Waals surface area contributed by atoms with E-state index in [0.29, 0.717) is 17.3 Å². The van der Waals surface area contributed by atoms with Crippen molar-refractivity contribution in [2.45, 2.75) is 96.9 Å². The lowest BCUT2D eigenvalue weighted by Crippen LogP contribution is -2.59. The number of hydrogen-bond acceptors (Lipinski definition) is 3. The Hall–Kier alpha value is -0.613. The molecule has 0 radical (unpaired) electrons. The maximum absolute atomic E-state index is 12.8. The van der Waals surface area contributed by atoms with Gasteiger partial charge >= 0.3 is 5.97 Å². The summed E-state index contributed by atoms with van der Waals surface area (Å²) in [5.74, 6) is 1.14. The Morgan fingerprint density at radius 1 is 1.07 bits per heavy atom. The molecule has 0 saturated heterocycles. The molecule has 2 bridgehead atoms. The van der Waals surface area contributed by atoms with E-state index in [1.165, 1.54) is 31.3 Å². The summed E-state index contributed by atoms with van der Waals surface area (Å²) < 4.78 is 12.1. The monoisotopic (exact) mass is 404 g/mol.